The molecular formula is C35H60O5. The van der Waals surface area contributed by atoms with Gasteiger partial charge in [0.05, 0.1) is 6.61 Å². The third kappa shape index (κ3) is 28.9. The van der Waals surface area contributed by atoms with Gasteiger partial charge in [0.25, 0.3) is 0 Å². The first-order valence-corrected chi connectivity index (χ1v) is 16.2. The van der Waals surface area contributed by atoms with Gasteiger partial charge in [-0.1, -0.05) is 127 Å². The molecule has 0 aromatic rings. The van der Waals surface area contributed by atoms with Gasteiger partial charge in [0.15, 0.2) is 6.10 Å². The van der Waals surface area contributed by atoms with Crippen molar-refractivity contribution in [3.63, 3.8) is 0 Å². The number of hydrogen-bond acceptors (Lipinski definition) is 5. The lowest BCUT2D eigenvalue weighted by molar-refractivity contribution is -0.161. The zero-order valence-electron chi connectivity index (χ0n) is 25.8. The topological polar surface area (TPSA) is 72.8 Å². The minimum absolute atomic E-state index is 0.0871. The van der Waals surface area contributed by atoms with E-state index in [1.165, 1.54) is 51.4 Å². The Bertz CT molecular complexity index is 692. The highest BCUT2D eigenvalue weighted by Crippen LogP contribution is 2.12. The van der Waals surface area contributed by atoms with Crippen LogP contribution in [0.2, 0.25) is 0 Å². The molecule has 0 radical (unpaired) electrons. The lowest BCUT2D eigenvalue weighted by Crippen LogP contribution is -2.28. The molecule has 230 valence electrons. The third-order valence-corrected chi connectivity index (χ3v) is 6.64. The summed E-state index contributed by atoms with van der Waals surface area (Å²) in [5, 5.41) is 9.48. The fraction of sp³-hybridized carbons (Fsp3) is 0.714. The number of ether oxygens (including phenoxy) is 2. The standard InChI is InChI=1S/C35H60O5/c1-3-5-7-9-11-13-15-16-17-18-20-21-23-25-27-29-34(37)39-32-33(31-36)40-35(38)30-28-26-24-22-19-14-12-10-8-6-4-2/h5,7,11,13,16-17,20-21,33,36H,3-4,6,8-10,12,14-15,18-19,22-32H2,1-2H3. The van der Waals surface area contributed by atoms with E-state index in [1.54, 1.807) is 0 Å². The average Bonchev–Trinajstić information content (AvgIpc) is 2.96. The quantitative estimate of drug-likeness (QED) is 0.0586. The smallest absolute Gasteiger partial charge is 0.306 e. The Kier molecular flexibility index (Phi) is 29.7. The fourth-order valence-electron chi connectivity index (χ4n) is 4.19. The molecule has 0 aliphatic carbocycles. The summed E-state index contributed by atoms with van der Waals surface area (Å²) >= 11 is 0. The Balaban J connectivity index is 3.69. The van der Waals surface area contributed by atoms with Crippen LogP contribution in [-0.2, 0) is 19.1 Å². The number of carbonyl (C=O) groups excluding carboxylic acids is 2. The Hall–Kier alpha value is -2.14. The minimum Gasteiger partial charge on any atom is -0.462 e. The number of carbonyl (C=O) groups is 2. The number of hydrogen-bond donors (Lipinski definition) is 1. The summed E-state index contributed by atoms with van der Waals surface area (Å²) in [7, 11) is 0. The van der Waals surface area contributed by atoms with Crippen LogP contribution in [0.5, 0.6) is 0 Å². The molecule has 40 heavy (non-hydrogen) atoms. The molecule has 0 aliphatic rings. The lowest BCUT2D eigenvalue weighted by atomic mass is 10.1. The van der Waals surface area contributed by atoms with Gasteiger partial charge in [-0.2, -0.15) is 0 Å². The first kappa shape index (κ1) is 37.9. The SMILES string of the molecule is CCC=CCC=CCC=CCC=CCCCCC(=O)OCC(CO)OC(=O)CCCCCCCCCCCCC. The van der Waals surface area contributed by atoms with Crippen LogP contribution < -0.4 is 0 Å². The van der Waals surface area contributed by atoms with Crippen LogP contribution in [-0.4, -0.2) is 36.4 Å². The first-order valence-electron chi connectivity index (χ1n) is 16.2. The zero-order chi connectivity index (χ0) is 29.4. The van der Waals surface area contributed by atoms with Gasteiger partial charge in [0.1, 0.15) is 6.61 Å². The predicted molar refractivity (Wildman–Crippen MR) is 168 cm³/mol. The van der Waals surface area contributed by atoms with Crippen LogP contribution in [0.4, 0.5) is 0 Å². The fourth-order valence-corrected chi connectivity index (χ4v) is 4.19. The van der Waals surface area contributed by atoms with Crippen molar-refractivity contribution in [3.05, 3.63) is 48.6 Å². The first-order chi connectivity index (χ1) is 19.6. The summed E-state index contributed by atoms with van der Waals surface area (Å²) in [6, 6.07) is 0. The maximum Gasteiger partial charge on any atom is 0.306 e. The predicted octanol–water partition coefficient (Wildman–Crippen LogP) is 9.50. The van der Waals surface area contributed by atoms with Crippen LogP contribution in [0.1, 0.15) is 142 Å². The van der Waals surface area contributed by atoms with Crippen molar-refractivity contribution < 1.29 is 24.2 Å². The molecule has 0 amide bonds. The molecule has 5 heteroatoms. The van der Waals surface area contributed by atoms with Gasteiger partial charge in [-0.05, 0) is 51.4 Å². The van der Waals surface area contributed by atoms with E-state index in [9.17, 15) is 14.7 Å². The Morgan fingerprint density at radius 2 is 1.07 bits per heavy atom. The molecule has 0 aromatic carbocycles. The maximum atomic E-state index is 12.1. The second-order valence-electron chi connectivity index (χ2n) is 10.5. The highest BCUT2D eigenvalue weighted by Gasteiger charge is 2.16. The van der Waals surface area contributed by atoms with Gasteiger partial charge in [0.2, 0.25) is 0 Å². The number of esters is 2. The van der Waals surface area contributed by atoms with Crippen molar-refractivity contribution in [2.45, 2.75) is 148 Å². The van der Waals surface area contributed by atoms with Crippen molar-refractivity contribution in [2.75, 3.05) is 13.2 Å². The van der Waals surface area contributed by atoms with E-state index >= 15 is 0 Å². The molecule has 0 spiro atoms. The van der Waals surface area contributed by atoms with Crippen LogP contribution >= 0.6 is 0 Å². The molecule has 0 fully saturated rings. The average molecular weight is 561 g/mol. The minimum atomic E-state index is -0.784. The highest BCUT2D eigenvalue weighted by atomic mass is 16.6. The summed E-state index contributed by atoms with van der Waals surface area (Å²) in [5.41, 5.74) is 0. The van der Waals surface area contributed by atoms with E-state index in [0.29, 0.717) is 12.8 Å². The second kappa shape index (κ2) is 31.4. The van der Waals surface area contributed by atoms with Gasteiger partial charge < -0.3 is 14.6 Å². The van der Waals surface area contributed by atoms with E-state index < -0.39 is 6.10 Å². The molecule has 1 unspecified atom stereocenters. The molecule has 1 atom stereocenters. The van der Waals surface area contributed by atoms with Crippen LogP contribution in [0, 0.1) is 0 Å². The molecular weight excluding hydrogens is 500 g/mol. The molecule has 5 nitrogen and oxygen atoms in total. The largest absolute Gasteiger partial charge is 0.462 e. The van der Waals surface area contributed by atoms with E-state index in [4.69, 9.17) is 9.47 Å². The Labute approximate surface area is 246 Å². The number of allylic oxidation sites excluding steroid dienone is 8. The maximum absolute atomic E-state index is 12.1. The van der Waals surface area contributed by atoms with Crippen molar-refractivity contribution >= 4 is 11.9 Å². The van der Waals surface area contributed by atoms with Gasteiger partial charge in [-0.15, -0.1) is 0 Å². The second-order valence-corrected chi connectivity index (χ2v) is 10.5. The van der Waals surface area contributed by atoms with Gasteiger partial charge in [-0.25, -0.2) is 0 Å². The van der Waals surface area contributed by atoms with Crippen molar-refractivity contribution in [2.24, 2.45) is 0 Å². The molecule has 0 bridgehead atoms. The molecule has 0 heterocycles. The summed E-state index contributed by atoms with van der Waals surface area (Å²) in [6.07, 6.45) is 37.3. The third-order valence-electron chi connectivity index (χ3n) is 6.64. The molecule has 0 saturated heterocycles. The van der Waals surface area contributed by atoms with Crippen molar-refractivity contribution in [1.82, 2.24) is 0 Å². The normalized spacial score (nSPS) is 12.8. The lowest BCUT2D eigenvalue weighted by Gasteiger charge is -2.15. The summed E-state index contributed by atoms with van der Waals surface area (Å²) in [5.74, 6) is -0.644. The molecule has 1 N–H and O–H groups in total. The number of rotatable bonds is 28. The molecule has 0 aromatic heterocycles. The van der Waals surface area contributed by atoms with Crippen LogP contribution in [0.15, 0.2) is 48.6 Å². The summed E-state index contributed by atoms with van der Waals surface area (Å²) in [6.45, 7) is 3.95. The number of aliphatic hydroxyl groups is 1. The zero-order valence-corrected chi connectivity index (χ0v) is 25.8. The summed E-state index contributed by atoms with van der Waals surface area (Å²) in [4.78, 5) is 24.0. The van der Waals surface area contributed by atoms with E-state index in [2.05, 4.69) is 62.5 Å². The van der Waals surface area contributed by atoms with Crippen molar-refractivity contribution in [3.8, 4) is 0 Å². The number of unbranched alkanes of at least 4 members (excludes halogenated alkanes) is 12. The van der Waals surface area contributed by atoms with Gasteiger partial charge in [-0.3, -0.25) is 9.59 Å². The molecule has 0 rings (SSSR count). The summed E-state index contributed by atoms with van der Waals surface area (Å²) < 4.78 is 10.5. The van der Waals surface area contributed by atoms with E-state index in [1.807, 2.05) is 0 Å². The van der Waals surface area contributed by atoms with Crippen LogP contribution in [0.25, 0.3) is 0 Å². The van der Waals surface area contributed by atoms with E-state index in [-0.39, 0.29) is 25.2 Å². The molecule has 0 aliphatic heterocycles. The van der Waals surface area contributed by atoms with E-state index in [0.717, 1.165) is 64.2 Å². The Morgan fingerprint density at radius 1 is 0.600 bits per heavy atom. The van der Waals surface area contributed by atoms with Crippen LogP contribution in [0.3, 0.4) is 0 Å². The van der Waals surface area contributed by atoms with Gasteiger partial charge in [0, 0.05) is 12.8 Å². The van der Waals surface area contributed by atoms with Gasteiger partial charge >= 0.3 is 11.9 Å². The number of aliphatic hydroxyl groups excluding tert-OH is 1. The molecule has 0 saturated carbocycles. The Morgan fingerprint density at radius 3 is 1.62 bits per heavy atom. The monoisotopic (exact) mass is 560 g/mol. The van der Waals surface area contributed by atoms with Crippen molar-refractivity contribution in [1.29, 1.82) is 0 Å². The highest BCUT2D eigenvalue weighted by molar-refractivity contribution is 5.70.